The number of hydrogen-bond acceptors (Lipinski definition) is 2. The second-order valence-electron chi connectivity index (χ2n) is 6.92. The van der Waals surface area contributed by atoms with Gasteiger partial charge < -0.3 is 4.43 Å². The van der Waals surface area contributed by atoms with Gasteiger partial charge in [0.15, 0.2) is 8.32 Å². The highest BCUT2D eigenvalue weighted by atomic mass is 28.4. The summed E-state index contributed by atoms with van der Waals surface area (Å²) in [7, 11) is -1.60. The number of aryl methyl sites for hydroxylation is 1. The molecule has 0 atom stereocenters. The Morgan fingerprint density at radius 3 is 2.65 bits per heavy atom. The highest BCUT2D eigenvalue weighted by Gasteiger charge is 2.36. The lowest BCUT2D eigenvalue weighted by Crippen LogP contribution is -2.41. The molecule has 0 aliphatic rings. The van der Waals surface area contributed by atoms with Crippen LogP contribution in [0.5, 0.6) is 0 Å². The summed E-state index contributed by atoms with van der Waals surface area (Å²) in [5, 5.41) is 4.86. The van der Waals surface area contributed by atoms with Crippen LogP contribution in [0, 0.1) is 0 Å². The quantitative estimate of drug-likeness (QED) is 0.606. The van der Waals surface area contributed by atoms with Gasteiger partial charge in [-0.1, -0.05) is 26.8 Å². The van der Waals surface area contributed by atoms with Crippen molar-refractivity contribution in [2.24, 2.45) is 0 Å². The van der Waals surface area contributed by atoms with Crippen LogP contribution < -0.4 is 0 Å². The van der Waals surface area contributed by atoms with Crippen molar-refractivity contribution in [3.05, 3.63) is 36.2 Å². The van der Waals surface area contributed by atoms with Gasteiger partial charge in [-0.2, -0.15) is 5.10 Å². The number of aromatic nitrogens is 2. The van der Waals surface area contributed by atoms with Gasteiger partial charge >= 0.3 is 0 Å². The number of fused-ring (bicyclic) bond motifs is 1. The van der Waals surface area contributed by atoms with Crippen LogP contribution in [0.1, 0.15) is 32.9 Å². The minimum Gasteiger partial charge on any atom is -0.417 e. The van der Waals surface area contributed by atoms with E-state index in [1.807, 2.05) is 22.8 Å². The summed E-state index contributed by atoms with van der Waals surface area (Å²) < 4.78 is 8.13. The van der Waals surface area contributed by atoms with E-state index in [-0.39, 0.29) is 5.04 Å². The molecule has 2 heterocycles. The largest absolute Gasteiger partial charge is 0.417 e. The Labute approximate surface area is 123 Å². The smallest absolute Gasteiger partial charge is 0.191 e. The zero-order chi connectivity index (χ0) is 14.8. The van der Waals surface area contributed by atoms with E-state index in [1.165, 1.54) is 0 Å². The first-order valence-electron chi connectivity index (χ1n) is 7.37. The fourth-order valence-corrected chi connectivity index (χ4v) is 3.00. The molecule has 2 aromatic heterocycles. The minimum absolute atomic E-state index is 0.288. The van der Waals surface area contributed by atoms with Gasteiger partial charge in [0.1, 0.15) is 0 Å². The van der Waals surface area contributed by atoms with E-state index in [9.17, 15) is 0 Å². The van der Waals surface area contributed by atoms with Crippen molar-refractivity contribution in [3.63, 3.8) is 0 Å². The molecule has 0 unspecified atom stereocenters. The predicted molar refractivity (Wildman–Crippen MR) is 86.7 cm³/mol. The molecule has 2 rings (SSSR count). The number of rotatable bonds is 5. The van der Waals surface area contributed by atoms with Crippen LogP contribution in [0.2, 0.25) is 18.1 Å². The second-order valence-corrected chi connectivity index (χ2v) is 11.7. The topological polar surface area (TPSA) is 26.5 Å². The molecule has 0 saturated carbocycles. The molecular formula is C16H26N2OSi. The van der Waals surface area contributed by atoms with Crippen molar-refractivity contribution < 1.29 is 4.43 Å². The number of pyridine rings is 1. The third kappa shape index (κ3) is 3.49. The Balaban J connectivity index is 1.84. The Bertz CT molecular complexity index is 536. The fourth-order valence-electron chi connectivity index (χ4n) is 1.91. The van der Waals surface area contributed by atoms with E-state index in [0.717, 1.165) is 30.7 Å². The first-order chi connectivity index (χ1) is 9.29. The Morgan fingerprint density at radius 2 is 2.00 bits per heavy atom. The maximum atomic E-state index is 6.19. The molecule has 0 aromatic carbocycles. The van der Waals surface area contributed by atoms with Gasteiger partial charge in [-0.05, 0) is 49.2 Å². The van der Waals surface area contributed by atoms with Gasteiger partial charge in [-0.25, -0.2) is 4.52 Å². The third-order valence-corrected chi connectivity index (χ3v) is 8.81. The van der Waals surface area contributed by atoms with Gasteiger partial charge in [-0.3, -0.25) is 0 Å². The molecule has 0 N–H and O–H groups in total. The van der Waals surface area contributed by atoms with Crippen molar-refractivity contribution in [2.45, 2.75) is 51.7 Å². The second kappa shape index (κ2) is 5.70. The summed E-state index contributed by atoms with van der Waals surface area (Å²) in [5.74, 6) is 0. The van der Waals surface area contributed by atoms with E-state index in [1.54, 1.807) is 0 Å². The molecule has 0 aliphatic carbocycles. The average molecular weight is 290 g/mol. The lowest BCUT2D eigenvalue weighted by atomic mass is 10.2. The number of hydrogen-bond donors (Lipinski definition) is 0. The maximum absolute atomic E-state index is 6.19. The molecule has 0 amide bonds. The SMILES string of the molecule is CC(C)(C)[Si](C)(C)OCCCc1cc2ccccn2n1. The van der Waals surface area contributed by atoms with Gasteiger partial charge in [0, 0.05) is 12.8 Å². The van der Waals surface area contributed by atoms with Gasteiger partial charge in [0.2, 0.25) is 0 Å². The van der Waals surface area contributed by atoms with E-state index < -0.39 is 8.32 Å². The highest BCUT2D eigenvalue weighted by Crippen LogP contribution is 2.36. The maximum Gasteiger partial charge on any atom is 0.191 e. The zero-order valence-electron chi connectivity index (χ0n) is 13.3. The van der Waals surface area contributed by atoms with Crippen LogP contribution in [0.4, 0.5) is 0 Å². The summed E-state index contributed by atoms with van der Waals surface area (Å²) in [6, 6.07) is 8.29. The van der Waals surface area contributed by atoms with E-state index in [0.29, 0.717) is 0 Å². The van der Waals surface area contributed by atoms with Crippen LogP contribution in [0.3, 0.4) is 0 Å². The normalized spacial score (nSPS) is 13.1. The number of nitrogens with zero attached hydrogens (tertiary/aromatic N) is 2. The molecule has 3 nitrogen and oxygen atoms in total. The standard InChI is InChI=1S/C16H26N2OSi/c1-16(2,3)20(4,5)19-12-8-9-14-13-15-10-6-7-11-18(15)17-14/h6-7,10-11,13H,8-9,12H2,1-5H3. The van der Waals surface area contributed by atoms with Crippen LogP contribution in [-0.4, -0.2) is 24.5 Å². The molecule has 110 valence electrons. The van der Waals surface area contributed by atoms with Crippen LogP contribution >= 0.6 is 0 Å². The summed E-state index contributed by atoms with van der Waals surface area (Å²) in [5.41, 5.74) is 2.31. The van der Waals surface area contributed by atoms with E-state index in [4.69, 9.17) is 4.43 Å². The molecule has 0 spiro atoms. The summed E-state index contributed by atoms with van der Waals surface area (Å²) in [6.45, 7) is 12.3. The lowest BCUT2D eigenvalue weighted by molar-refractivity contribution is 0.282. The molecule has 2 aromatic rings. The predicted octanol–water partition coefficient (Wildman–Crippen LogP) is 4.29. The summed E-state index contributed by atoms with van der Waals surface area (Å²) in [4.78, 5) is 0. The first-order valence-corrected chi connectivity index (χ1v) is 10.3. The summed E-state index contributed by atoms with van der Waals surface area (Å²) >= 11 is 0. The van der Waals surface area contributed by atoms with E-state index >= 15 is 0 Å². The third-order valence-electron chi connectivity index (χ3n) is 4.27. The molecule has 0 bridgehead atoms. The van der Waals surface area contributed by atoms with Crippen LogP contribution in [0.25, 0.3) is 5.52 Å². The van der Waals surface area contributed by atoms with Crippen LogP contribution in [-0.2, 0) is 10.8 Å². The fraction of sp³-hybridized carbons (Fsp3) is 0.562. The Hall–Kier alpha value is -1.13. The first kappa shape index (κ1) is 15.3. The molecule has 0 aliphatic heterocycles. The molecule has 4 heteroatoms. The van der Waals surface area contributed by atoms with Crippen molar-refractivity contribution in [1.29, 1.82) is 0 Å². The molecule has 0 saturated heterocycles. The molecule has 0 fully saturated rings. The van der Waals surface area contributed by atoms with Gasteiger partial charge in [0.25, 0.3) is 0 Å². The monoisotopic (exact) mass is 290 g/mol. The zero-order valence-corrected chi connectivity index (χ0v) is 14.3. The molecular weight excluding hydrogens is 264 g/mol. The van der Waals surface area contributed by atoms with E-state index in [2.05, 4.69) is 51.1 Å². The summed E-state index contributed by atoms with van der Waals surface area (Å²) in [6.07, 6.45) is 4.01. The van der Waals surface area contributed by atoms with Crippen molar-refractivity contribution in [3.8, 4) is 0 Å². The lowest BCUT2D eigenvalue weighted by Gasteiger charge is -2.36. The van der Waals surface area contributed by atoms with Crippen molar-refractivity contribution >= 4 is 13.8 Å². The van der Waals surface area contributed by atoms with Crippen molar-refractivity contribution in [2.75, 3.05) is 6.61 Å². The van der Waals surface area contributed by atoms with Crippen molar-refractivity contribution in [1.82, 2.24) is 9.61 Å². The van der Waals surface area contributed by atoms with Gasteiger partial charge in [0.05, 0.1) is 11.2 Å². The molecule has 0 radical (unpaired) electrons. The Kier molecular flexibility index (Phi) is 4.35. The molecule has 20 heavy (non-hydrogen) atoms. The van der Waals surface area contributed by atoms with Gasteiger partial charge in [-0.15, -0.1) is 0 Å². The highest BCUT2D eigenvalue weighted by molar-refractivity contribution is 6.74. The average Bonchev–Trinajstić information content (AvgIpc) is 2.76. The Morgan fingerprint density at radius 1 is 1.25 bits per heavy atom. The minimum atomic E-state index is -1.60. The van der Waals surface area contributed by atoms with Crippen LogP contribution in [0.15, 0.2) is 30.5 Å².